The van der Waals surface area contributed by atoms with Gasteiger partial charge in [0, 0.05) is 19.8 Å². The molecule has 0 saturated carbocycles. The number of rotatable bonds is 5. The largest absolute Gasteiger partial charge is 0.573 e. The number of aromatic nitrogens is 2. The molecule has 0 aliphatic carbocycles. The summed E-state index contributed by atoms with van der Waals surface area (Å²) in [6, 6.07) is 8.36. The Morgan fingerprint density at radius 1 is 1.03 bits per heavy atom. The van der Waals surface area contributed by atoms with Gasteiger partial charge in [-0.3, -0.25) is 13.9 Å². The predicted molar refractivity (Wildman–Crippen MR) is 102 cm³/mol. The molecule has 1 amide bonds. The lowest BCUT2D eigenvalue weighted by molar-refractivity contribution is -0.274. The molecule has 8 nitrogen and oxygen atoms in total. The highest BCUT2D eigenvalue weighted by Gasteiger charge is 2.31. The number of carbonyl (C=O) groups is 1. The van der Waals surface area contributed by atoms with Crippen LogP contribution in [-0.2, 0) is 28.7 Å². The smallest absolute Gasteiger partial charge is 0.406 e. The molecule has 3 rings (SSSR count). The van der Waals surface area contributed by atoms with Crippen molar-refractivity contribution >= 4 is 32.5 Å². The maximum atomic E-state index is 12.6. The van der Waals surface area contributed by atoms with Crippen LogP contribution in [0.3, 0.4) is 0 Å². The minimum Gasteiger partial charge on any atom is -0.406 e. The van der Waals surface area contributed by atoms with Gasteiger partial charge < -0.3 is 10.1 Å². The minimum atomic E-state index is -4.85. The standard InChI is InChI=1S/C18H16F3N3O5S/c1-23-14-8-7-13(9-15(14)24(2)17(23)26)30(27,28)10-16(25)22-11-3-5-12(6-4-11)29-18(19,20)21/h3-9H,10H2,1-2H3,(H,22,25). The lowest BCUT2D eigenvalue weighted by atomic mass is 10.3. The first-order valence-electron chi connectivity index (χ1n) is 8.41. The van der Waals surface area contributed by atoms with Gasteiger partial charge in [0.25, 0.3) is 0 Å². The van der Waals surface area contributed by atoms with E-state index in [1.165, 1.54) is 34.4 Å². The van der Waals surface area contributed by atoms with Crippen molar-refractivity contribution in [2.45, 2.75) is 11.3 Å². The number of amides is 1. The first-order chi connectivity index (χ1) is 13.9. The molecular formula is C18H16F3N3O5S. The summed E-state index contributed by atoms with van der Waals surface area (Å²) in [4.78, 5) is 24.0. The van der Waals surface area contributed by atoms with E-state index in [0.717, 1.165) is 24.3 Å². The van der Waals surface area contributed by atoms with Gasteiger partial charge in [-0.25, -0.2) is 13.2 Å². The second-order valence-electron chi connectivity index (χ2n) is 6.43. The normalized spacial score (nSPS) is 12.2. The van der Waals surface area contributed by atoms with Crippen molar-refractivity contribution in [3.63, 3.8) is 0 Å². The SMILES string of the molecule is Cn1c(=O)n(C)c2cc(S(=O)(=O)CC(=O)Nc3ccc(OC(F)(F)F)cc3)ccc21. The Morgan fingerprint density at radius 3 is 2.23 bits per heavy atom. The molecule has 0 saturated heterocycles. The minimum absolute atomic E-state index is 0.102. The molecule has 0 radical (unpaired) electrons. The van der Waals surface area contributed by atoms with Crippen LogP contribution in [0.2, 0.25) is 0 Å². The molecule has 0 fully saturated rings. The summed E-state index contributed by atoms with van der Waals surface area (Å²) in [6.45, 7) is 0. The maximum Gasteiger partial charge on any atom is 0.573 e. The molecule has 1 aromatic heterocycles. The van der Waals surface area contributed by atoms with Gasteiger partial charge in [-0.2, -0.15) is 0 Å². The lowest BCUT2D eigenvalue weighted by Gasteiger charge is -2.10. The van der Waals surface area contributed by atoms with Crippen LogP contribution in [0.1, 0.15) is 0 Å². The van der Waals surface area contributed by atoms with Crippen LogP contribution in [0, 0.1) is 0 Å². The Kier molecular flexibility index (Phi) is 5.37. The van der Waals surface area contributed by atoms with Crippen LogP contribution in [-0.4, -0.2) is 35.6 Å². The molecular weight excluding hydrogens is 427 g/mol. The van der Waals surface area contributed by atoms with Gasteiger partial charge in [0.2, 0.25) is 5.91 Å². The van der Waals surface area contributed by atoms with E-state index >= 15 is 0 Å². The molecule has 1 N–H and O–H groups in total. The van der Waals surface area contributed by atoms with Crippen molar-refractivity contribution in [1.29, 1.82) is 0 Å². The number of imidazole rings is 1. The van der Waals surface area contributed by atoms with Crippen molar-refractivity contribution in [3.05, 3.63) is 52.9 Å². The number of hydrogen-bond acceptors (Lipinski definition) is 5. The second kappa shape index (κ2) is 7.52. The Balaban J connectivity index is 1.75. The number of fused-ring (bicyclic) bond motifs is 1. The Morgan fingerprint density at radius 2 is 1.63 bits per heavy atom. The molecule has 0 aliphatic heterocycles. The quantitative estimate of drug-likeness (QED) is 0.652. The lowest BCUT2D eigenvalue weighted by Crippen LogP contribution is -2.23. The van der Waals surface area contributed by atoms with Crippen molar-refractivity contribution in [2.24, 2.45) is 14.1 Å². The Hall–Kier alpha value is -3.28. The van der Waals surface area contributed by atoms with Crippen LogP contribution >= 0.6 is 0 Å². The number of sulfone groups is 1. The van der Waals surface area contributed by atoms with Crippen molar-refractivity contribution < 1.29 is 31.1 Å². The number of halogens is 3. The van der Waals surface area contributed by atoms with Crippen molar-refractivity contribution in [2.75, 3.05) is 11.1 Å². The molecule has 0 bridgehead atoms. The van der Waals surface area contributed by atoms with Gasteiger partial charge in [-0.1, -0.05) is 0 Å². The average molecular weight is 443 g/mol. The van der Waals surface area contributed by atoms with Crippen LogP contribution in [0.25, 0.3) is 11.0 Å². The summed E-state index contributed by atoms with van der Waals surface area (Å²) in [5.41, 5.74) is 0.706. The molecule has 1 heterocycles. The van der Waals surface area contributed by atoms with Gasteiger partial charge in [-0.05, 0) is 42.5 Å². The highest BCUT2D eigenvalue weighted by atomic mass is 32.2. The van der Waals surface area contributed by atoms with Crippen LogP contribution in [0.15, 0.2) is 52.2 Å². The van der Waals surface area contributed by atoms with Gasteiger partial charge in [0.15, 0.2) is 9.84 Å². The number of hydrogen-bond donors (Lipinski definition) is 1. The van der Waals surface area contributed by atoms with E-state index in [0.29, 0.717) is 11.0 Å². The average Bonchev–Trinajstić information content (AvgIpc) is 2.86. The molecule has 160 valence electrons. The zero-order valence-electron chi connectivity index (χ0n) is 15.7. The van der Waals surface area contributed by atoms with Crippen LogP contribution in [0.5, 0.6) is 5.75 Å². The number of benzene rings is 2. The molecule has 0 unspecified atom stereocenters. The molecule has 2 aromatic carbocycles. The third kappa shape index (κ3) is 4.48. The Bertz CT molecular complexity index is 1280. The number of ether oxygens (including phenoxy) is 1. The van der Waals surface area contributed by atoms with Crippen molar-refractivity contribution in [3.8, 4) is 5.75 Å². The summed E-state index contributed by atoms with van der Waals surface area (Å²) >= 11 is 0. The van der Waals surface area contributed by atoms with Gasteiger partial charge in [0.1, 0.15) is 11.5 Å². The molecule has 3 aromatic rings. The van der Waals surface area contributed by atoms with E-state index in [4.69, 9.17) is 0 Å². The third-order valence-corrected chi connectivity index (χ3v) is 5.91. The zero-order valence-corrected chi connectivity index (χ0v) is 16.5. The number of nitrogens with zero attached hydrogens (tertiary/aromatic N) is 2. The molecule has 12 heteroatoms. The molecule has 30 heavy (non-hydrogen) atoms. The zero-order chi connectivity index (χ0) is 22.3. The fourth-order valence-corrected chi connectivity index (χ4v) is 4.02. The first kappa shape index (κ1) is 21.4. The van der Waals surface area contributed by atoms with Crippen molar-refractivity contribution in [1.82, 2.24) is 9.13 Å². The molecule has 0 atom stereocenters. The Labute approximate surface area is 168 Å². The van der Waals surface area contributed by atoms with Crippen LogP contribution < -0.4 is 15.7 Å². The third-order valence-electron chi connectivity index (χ3n) is 4.30. The maximum absolute atomic E-state index is 12.6. The highest BCUT2D eigenvalue weighted by molar-refractivity contribution is 7.92. The number of nitrogens with one attached hydrogen (secondary N) is 1. The number of anilines is 1. The number of alkyl halides is 3. The number of carbonyl (C=O) groups excluding carboxylic acids is 1. The highest BCUT2D eigenvalue weighted by Crippen LogP contribution is 2.24. The van der Waals surface area contributed by atoms with E-state index in [-0.39, 0.29) is 16.3 Å². The fourth-order valence-electron chi connectivity index (χ4n) is 2.87. The summed E-state index contributed by atoms with van der Waals surface area (Å²) in [6.07, 6.45) is -4.85. The first-order valence-corrected chi connectivity index (χ1v) is 10.1. The fraction of sp³-hybridized carbons (Fsp3) is 0.222. The predicted octanol–water partition coefficient (Wildman–Crippen LogP) is 2.19. The molecule has 0 aliphatic rings. The summed E-state index contributed by atoms with van der Waals surface area (Å²) < 4.78 is 68.1. The summed E-state index contributed by atoms with van der Waals surface area (Å²) in [5.74, 6) is -2.24. The van der Waals surface area contributed by atoms with E-state index in [2.05, 4.69) is 10.1 Å². The topological polar surface area (TPSA) is 99.4 Å². The van der Waals surface area contributed by atoms with E-state index < -0.39 is 33.6 Å². The van der Waals surface area contributed by atoms with E-state index in [9.17, 15) is 31.2 Å². The van der Waals surface area contributed by atoms with Gasteiger partial charge >= 0.3 is 12.1 Å². The monoisotopic (exact) mass is 443 g/mol. The van der Waals surface area contributed by atoms with Crippen LogP contribution in [0.4, 0.5) is 18.9 Å². The van der Waals surface area contributed by atoms with E-state index in [1.54, 1.807) is 7.05 Å². The van der Waals surface area contributed by atoms with E-state index in [1.807, 2.05) is 0 Å². The summed E-state index contributed by atoms with van der Waals surface area (Å²) in [5, 5.41) is 2.31. The molecule has 0 spiro atoms. The van der Waals surface area contributed by atoms with Gasteiger partial charge in [0.05, 0.1) is 15.9 Å². The summed E-state index contributed by atoms with van der Waals surface area (Å²) in [7, 11) is -0.981. The van der Waals surface area contributed by atoms with Gasteiger partial charge in [-0.15, -0.1) is 13.2 Å². The second-order valence-corrected chi connectivity index (χ2v) is 8.42. The number of aryl methyl sites for hydroxylation is 2.